The van der Waals surface area contributed by atoms with Gasteiger partial charge >= 0.3 is 0 Å². The number of likely N-dealkylation sites (tertiary alicyclic amines) is 1. The number of nitrogens with zero attached hydrogens (tertiary/aromatic N) is 5. The molecule has 9 nitrogen and oxygen atoms in total. The maximum Gasteiger partial charge on any atom is 0.254 e. The number of nitrogens with two attached hydrogens (primary N) is 1. The number of pyridine rings is 1. The quantitative estimate of drug-likeness (QED) is 0.502. The Morgan fingerprint density at radius 2 is 2.00 bits per heavy atom. The molecule has 1 aliphatic rings. The van der Waals surface area contributed by atoms with Crippen molar-refractivity contribution < 1.29 is 9.53 Å². The molecular weight excluding hydrogens is 432 g/mol. The Bertz CT molecular complexity index is 1480. The zero-order valence-electron chi connectivity index (χ0n) is 20.0. The van der Waals surface area contributed by atoms with Gasteiger partial charge in [0.1, 0.15) is 16.9 Å². The molecule has 178 valence electrons. The van der Waals surface area contributed by atoms with Crippen molar-refractivity contribution in [2.75, 3.05) is 20.2 Å². The van der Waals surface area contributed by atoms with Crippen LogP contribution in [0.1, 0.15) is 30.1 Å². The minimum absolute atomic E-state index is 0.0108. The number of hydrogen-bond acceptors (Lipinski definition) is 5. The molecule has 1 aromatic carbocycles. The molecular formula is C25H30N6O3. The number of carbonyl (C=O) groups is 1. The summed E-state index contributed by atoms with van der Waals surface area (Å²) in [6, 6.07) is 9.10. The Labute approximate surface area is 197 Å². The minimum atomic E-state index is -0.0564. The lowest BCUT2D eigenvalue weighted by molar-refractivity contribution is 0.0708. The van der Waals surface area contributed by atoms with Gasteiger partial charge in [-0.05, 0) is 44.0 Å². The van der Waals surface area contributed by atoms with E-state index in [1.807, 2.05) is 41.6 Å². The molecule has 5 rings (SSSR count). The van der Waals surface area contributed by atoms with Gasteiger partial charge in [0.05, 0.1) is 18.3 Å². The van der Waals surface area contributed by atoms with Crippen LogP contribution in [0.15, 0.2) is 35.1 Å². The maximum absolute atomic E-state index is 13.2. The number of methoxy groups -OCH3 is 1. The van der Waals surface area contributed by atoms with E-state index >= 15 is 0 Å². The third-order valence-electron chi connectivity index (χ3n) is 6.84. The first-order valence-electron chi connectivity index (χ1n) is 11.6. The molecule has 0 spiro atoms. The van der Waals surface area contributed by atoms with Gasteiger partial charge in [0, 0.05) is 56.8 Å². The summed E-state index contributed by atoms with van der Waals surface area (Å²) < 4.78 is 11.4. The van der Waals surface area contributed by atoms with Crippen molar-refractivity contribution >= 4 is 28.0 Å². The van der Waals surface area contributed by atoms with Gasteiger partial charge in [-0.25, -0.2) is 4.98 Å². The van der Waals surface area contributed by atoms with E-state index in [-0.39, 0.29) is 17.5 Å². The average Bonchev–Trinajstić information content (AvgIpc) is 3.38. The van der Waals surface area contributed by atoms with E-state index in [2.05, 4.69) is 4.57 Å². The highest BCUT2D eigenvalue weighted by atomic mass is 16.5. The number of hydrogen-bond donors (Lipinski definition) is 1. The van der Waals surface area contributed by atoms with Gasteiger partial charge in [-0.1, -0.05) is 0 Å². The van der Waals surface area contributed by atoms with Crippen LogP contribution in [0.25, 0.3) is 33.6 Å². The lowest BCUT2D eigenvalue weighted by Crippen LogP contribution is -2.45. The van der Waals surface area contributed by atoms with E-state index in [4.69, 9.17) is 15.5 Å². The van der Waals surface area contributed by atoms with Crippen LogP contribution in [0.2, 0.25) is 0 Å². The van der Waals surface area contributed by atoms with Crippen molar-refractivity contribution in [3.63, 3.8) is 0 Å². The summed E-state index contributed by atoms with van der Waals surface area (Å²) in [7, 11) is 5.32. The fourth-order valence-electron chi connectivity index (χ4n) is 5.14. The Hall–Kier alpha value is -3.59. The Balaban J connectivity index is 1.67. The molecule has 0 unspecified atom stereocenters. The van der Waals surface area contributed by atoms with Crippen LogP contribution in [-0.4, -0.2) is 55.7 Å². The highest BCUT2D eigenvalue weighted by Crippen LogP contribution is 2.34. The maximum atomic E-state index is 13.2. The van der Waals surface area contributed by atoms with Crippen molar-refractivity contribution in [2.45, 2.75) is 32.4 Å². The van der Waals surface area contributed by atoms with Gasteiger partial charge < -0.3 is 24.5 Å². The molecule has 2 N–H and O–H groups in total. The fraction of sp³-hybridized carbons (Fsp3) is 0.400. The van der Waals surface area contributed by atoms with Crippen LogP contribution in [0, 0.1) is 0 Å². The van der Waals surface area contributed by atoms with Crippen LogP contribution in [0.3, 0.4) is 0 Å². The van der Waals surface area contributed by atoms with Gasteiger partial charge in [-0.2, -0.15) is 0 Å². The minimum Gasteiger partial charge on any atom is -0.494 e. The topological polar surface area (TPSA) is 100 Å². The van der Waals surface area contributed by atoms with E-state index in [1.54, 1.807) is 30.9 Å². The van der Waals surface area contributed by atoms with Crippen molar-refractivity contribution in [1.29, 1.82) is 0 Å². The molecule has 0 aliphatic carbocycles. The van der Waals surface area contributed by atoms with Gasteiger partial charge in [-0.15, -0.1) is 0 Å². The number of carbonyl (C=O) groups excluding carboxylic acids is 1. The number of fused-ring (bicyclic) bond motifs is 2. The SMILES string of the molecule is CCn1c(-c2nc3cc(C(=O)N4CCC[C@@H](N)C4)cc(OC)c3n2C)cc2ccc(=O)n(C)c21. The zero-order valence-corrected chi connectivity index (χ0v) is 20.0. The summed E-state index contributed by atoms with van der Waals surface area (Å²) in [5.41, 5.74) is 9.82. The van der Waals surface area contributed by atoms with Crippen molar-refractivity contribution in [2.24, 2.45) is 19.8 Å². The van der Waals surface area contributed by atoms with E-state index in [1.165, 1.54) is 0 Å². The number of aryl methyl sites for hydroxylation is 3. The van der Waals surface area contributed by atoms with Crippen molar-refractivity contribution in [3.8, 4) is 17.3 Å². The van der Waals surface area contributed by atoms with Gasteiger partial charge in [0.15, 0.2) is 5.82 Å². The van der Waals surface area contributed by atoms with Gasteiger partial charge in [0.2, 0.25) is 0 Å². The largest absolute Gasteiger partial charge is 0.494 e. The third-order valence-corrected chi connectivity index (χ3v) is 6.84. The molecule has 34 heavy (non-hydrogen) atoms. The van der Waals surface area contributed by atoms with Crippen LogP contribution >= 0.6 is 0 Å². The highest BCUT2D eigenvalue weighted by molar-refractivity contribution is 6.00. The normalized spacial score (nSPS) is 16.5. The molecule has 1 aliphatic heterocycles. The summed E-state index contributed by atoms with van der Waals surface area (Å²) in [6.45, 7) is 3.98. The predicted molar refractivity (Wildman–Crippen MR) is 132 cm³/mol. The standard InChI is InChI=1S/C25H30N6O3/c1-5-31-19(12-15-8-9-21(32)28(2)24(15)31)23-27-18-11-16(13-20(34-4)22(18)29(23)3)25(33)30-10-6-7-17(26)14-30/h8-9,11-13,17H,5-7,10,14,26H2,1-4H3/t17-/m1/s1. The van der Waals surface area contributed by atoms with Crippen LogP contribution in [-0.2, 0) is 20.6 Å². The molecule has 9 heteroatoms. The first-order valence-corrected chi connectivity index (χ1v) is 11.6. The molecule has 0 radical (unpaired) electrons. The summed E-state index contributed by atoms with van der Waals surface area (Å²) in [5, 5.41) is 0.968. The zero-order chi connectivity index (χ0) is 24.1. The summed E-state index contributed by atoms with van der Waals surface area (Å²) >= 11 is 0. The third kappa shape index (κ3) is 3.38. The first-order chi connectivity index (χ1) is 16.3. The number of rotatable bonds is 4. The second kappa shape index (κ2) is 8.32. The number of aromatic nitrogens is 4. The summed E-state index contributed by atoms with van der Waals surface area (Å²) in [5.74, 6) is 1.28. The number of amides is 1. The summed E-state index contributed by atoms with van der Waals surface area (Å²) in [4.78, 5) is 32.3. The molecule has 4 aromatic rings. The smallest absolute Gasteiger partial charge is 0.254 e. The molecule has 1 amide bonds. The Kier molecular flexibility index (Phi) is 5.44. The number of imidazole rings is 1. The lowest BCUT2D eigenvalue weighted by atomic mass is 10.0. The monoisotopic (exact) mass is 462 g/mol. The Morgan fingerprint density at radius 3 is 2.71 bits per heavy atom. The molecule has 1 saturated heterocycles. The predicted octanol–water partition coefficient (Wildman–Crippen LogP) is 2.49. The van der Waals surface area contributed by atoms with Crippen LogP contribution < -0.4 is 16.0 Å². The fourth-order valence-corrected chi connectivity index (χ4v) is 5.14. The number of benzene rings is 1. The number of ether oxygens (including phenoxy) is 1. The molecule has 1 fully saturated rings. The molecule has 1 atom stereocenters. The molecule has 3 aromatic heterocycles. The van der Waals surface area contributed by atoms with Crippen molar-refractivity contribution in [1.82, 2.24) is 23.6 Å². The molecule has 0 saturated carbocycles. The van der Waals surface area contributed by atoms with E-state index in [0.29, 0.717) is 36.5 Å². The molecule has 4 heterocycles. The van der Waals surface area contributed by atoms with Crippen molar-refractivity contribution in [3.05, 3.63) is 46.2 Å². The van der Waals surface area contributed by atoms with Crippen LogP contribution in [0.5, 0.6) is 5.75 Å². The lowest BCUT2D eigenvalue weighted by Gasteiger charge is -2.30. The second-order valence-corrected chi connectivity index (χ2v) is 8.98. The summed E-state index contributed by atoms with van der Waals surface area (Å²) in [6.07, 6.45) is 1.84. The first kappa shape index (κ1) is 22.2. The van der Waals surface area contributed by atoms with Crippen LogP contribution in [0.4, 0.5) is 0 Å². The van der Waals surface area contributed by atoms with E-state index in [0.717, 1.165) is 40.9 Å². The second-order valence-electron chi connectivity index (χ2n) is 8.98. The van der Waals surface area contributed by atoms with E-state index < -0.39 is 0 Å². The van der Waals surface area contributed by atoms with Gasteiger partial charge in [-0.3, -0.25) is 14.2 Å². The number of piperidine rings is 1. The highest BCUT2D eigenvalue weighted by Gasteiger charge is 2.25. The average molecular weight is 463 g/mol. The van der Waals surface area contributed by atoms with E-state index in [9.17, 15) is 9.59 Å². The van der Waals surface area contributed by atoms with Gasteiger partial charge in [0.25, 0.3) is 11.5 Å². The Morgan fingerprint density at radius 1 is 1.21 bits per heavy atom. The molecule has 0 bridgehead atoms.